The Morgan fingerprint density at radius 2 is 2.07 bits per heavy atom. The van der Waals surface area contributed by atoms with E-state index in [0.717, 1.165) is 30.1 Å². The molecular weight excluding hydrogens is 386 g/mol. The predicted molar refractivity (Wildman–Crippen MR) is 103 cm³/mol. The van der Waals surface area contributed by atoms with Gasteiger partial charge in [-0.1, -0.05) is 18.2 Å². The lowest BCUT2D eigenvalue weighted by Crippen LogP contribution is -2.33. The van der Waals surface area contributed by atoms with Gasteiger partial charge in [-0.3, -0.25) is 14.9 Å². The number of rotatable bonds is 7. The normalized spacial score (nSPS) is 16.1. The van der Waals surface area contributed by atoms with E-state index in [1.54, 1.807) is 29.6 Å². The molecule has 2 amide bonds. The van der Waals surface area contributed by atoms with Gasteiger partial charge in [0, 0.05) is 17.3 Å². The van der Waals surface area contributed by atoms with Gasteiger partial charge in [-0.25, -0.2) is 4.79 Å². The van der Waals surface area contributed by atoms with Crippen molar-refractivity contribution < 1.29 is 23.9 Å². The monoisotopic (exact) mass is 405 g/mol. The maximum absolute atomic E-state index is 12.4. The summed E-state index contributed by atoms with van der Waals surface area (Å²) in [7, 11) is 0. The van der Waals surface area contributed by atoms with Crippen molar-refractivity contribution in [2.45, 2.75) is 23.8 Å². The third-order valence-corrected chi connectivity index (χ3v) is 5.96. The molecule has 0 saturated carbocycles. The number of carbonyl (C=O) groups excluding carboxylic acids is 3. The van der Waals surface area contributed by atoms with Crippen molar-refractivity contribution in [2.75, 3.05) is 19.0 Å². The quantitative estimate of drug-likeness (QED) is 0.563. The van der Waals surface area contributed by atoms with Crippen molar-refractivity contribution in [3.63, 3.8) is 0 Å². The zero-order chi connectivity index (χ0) is 19.1. The molecule has 6 nitrogen and oxygen atoms in total. The lowest BCUT2D eigenvalue weighted by molar-refractivity contribution is -0.123. The molecular formula is C19H19NO5S2. The smallest absolute Gasteiger partial charge is 0.339 e. The van der Waals surface area contributed by atoms with Gasteiger partial charge in [0.25, 0.3) is 11.8 Å². The lowest BCUT2D eigenvalue weighted by Gasteiger charge is -2.12. The van der Waals surface area contributed by atoms with Crippen LogP contribution in [0.4, 0.5) is 0 Å². The van der Waals surface area contributed by atoms with Crippen LogP contribution in [0.3, 0.4) is 0 Å². The van der Waals surface area contributed by atoms with Gasteiger partial charge in [-0.15, -0.1) is 23.1 Å². The van der Waals surface area contributed by atoms with E-state index in [9.17, 15) is 14.4 Å². The minimum Gasteiger partial charge on any atom is -0.452 e. The van der Waals surface area contributed by atoms with Gasteiger partial charge in [0.1, 0.15) is 0 Å². The van der Waals surface area contributed by atoms with Crippen LogP contribution in [0.5, 0.6) is 0 Å². The van der Waals surface area contributed by atoms with Gasteiger partial charge in [0.15, 0.2) is 6.61 Å². The summed E-state index contributed by atoms with van der Waals surface area (Å²) in [5.74, 6) is -0.992. The molecule has 0 spiro atoms. The highest BCUT2D eigenvalue weighted by Crippen LogP contribution is 2.27. The standard InChI is InChI=1S/C19H19NO5S2/c21-17(20-18(22)16-8-4-10-26-16)11-25-19(23)14-6-1-2-7-15(14)27-12-13-5-3-9-24-13/h1-2,4,6-8,10,13H,3,5,9,11-12H2,(H,20,21,22)/t13-/m1/s1. The first-order chi connectivity index (χ1) is 13.1. The van der Waals surface area contributed by atoms with Gasteiger partial charge in [-0.2, -0.15) is 0 Å². The third kappa shape index (κ3) is 5.66. The molecule has 2 heterocycles. The van der Waals surface area contributed by atoms with Crippen LogP contribution in [0.2, 0.25) is 0 Å². The van der Waals surface area contributed by atoms with Crippen LogP contribution in [-0.4, -0.2) is 42.9 Å². The molecule has 0 bridgehead atoms. The lowest BCUT2D eigenvalue weighted by atomic mass is 10.2. The molecule has 1 atom stereocenters. The average Bonchev–Trinajstić information content (AvgIpc) is 3.38. The van der Waals surface area contributed by atoms with Gasteiger partial charge < -0.3 is 9.47 Å². The molecule has 1 fully saturated rings. The Kier molecular flexibility index (Phi) is 7.03. The Hall–Kier alpha value is -2.16. The first kappa shape index (κ1) is 19.6. The Morgan fingerprint density at radius 1 is 1.22 bits per heavy atom. The number of hydrogen-bond donors (Lipinski definition) is 1. The van der Waals surface area contributed by atoms with Crippen LogP contribution in [0, 0.1) is 0 Å². The summed E-state index contributed by atoms with van der Waals surface area (Å²) in [6.45, 7) is 0.273. The van der Waals surface area contributed by atoms with Gasteiger partial charge in [0.05, 0.1) is 16.5 Å². The Labute approximate surface area is 165 Å². The molecule has 0 aliphatic carbocycles. The number of carbonyl (C=O) groups is 3. The van der Waals surface area contributed by atoms with Crippen molar-refractivity contribution in [3.8, 4) is 0 Å². The summed E-state index contributed by atoms with van der Waals surface area (Å²) < 4.78 is 10.7. The molecule has 1 aromatic heterocycles. The number of amides is 2. The highest BCUT2D eigenvalue weighted by atomic mass is 32.2. The van der Waals surface area contributed by atoms with Crippen molar-refractivity contribution in [2.24, 2.45) is 0 Å². The van der Waals surface area contributed by atoms with E-state index < -0.39 is 24.4 Å². The topological polar surface area (TPSA) is 81.7 Å². The second kappa shape index (κ2) is 9.68. The van der Waals surface area contributed by atoms with Crippen LogP contribution >= 0.6 is 23.1 Å². The van der Waals surface area contributed by atoms with E-state index in [1.807, 2.05) is 12.1 Å². The molecule has 1 saturated heterocycles. The Bertz CT molecular complexity index is 800. The fraction of sp³-hybridized carbons (Fsp3) is 0.316. The average molecular weight is 405 g/mol. The largest absolute Gasteiger partial charge is 0.452 e. The fourth-order valence-electron chi connectivity index (χ4n) is 2.56. The summed E-state index contributed by atoms with van der Waals surface area (Å²) in [6.07, 6.45) is 2.29. The first-order valence-corrected chi connectivity index (χ1v) is 10.4. The molecule has 1 N–H and O–H groups in total. The number of ether oxygens (including phenoxy) is 2. The van der Waals surface area contributed by atoms with Crippen LogP contribution in [0.25, 0.3) is 0 Å². The second-order valence-electron chi connectivity index (χ2n) is 5.87. The molecule has 27 heavy (non-hydrogen) atoms. The highest BCUT2D eigenvalue weighted by molar-refractivity contribution is 7.99. The summed E-state index contributed by atoms with van der Waals surface area (Å²) >= 11 is 2.76. The molecule has 8 heteroatoms. The maximum Gasteiger partial charge on any atom is 0.339 e. The van der Waals surface area contributed by atoms with Crippen LogP contribution in [0.1, 0.15) is 32.9 Å². The van der Waals surface area contributed by atoms with Gasteiger partial charge in [-0.05, 0) is 36.4 Å². The number of thiophene rings is 1. The zero-order valence-corrected chi connectivity index (χ0v) is 16.1. The summed E-state index contributed by atoms with van der Waals surface area (Å²) in [6, 6.07) is 10.4. The molecule has 0 unspecified atom stereocenters. The number of hydrogen-bond acceptors (Lipinski definition) is 7. The molecule has 2 aromatic rings. The van der Waals surface area contributed by atoms with E-state index in [4.69, 9.17) is 9.47 Å². The fourth-order valence-corrected chi connectivity index (χ4v) is 4.29. The van der Waals surface area contributed by atoms with Gasteiger partial charge >= 0.3 is 5.97 Å². The van der Waals surface area contributed by atoms with E-state index in [-0.39, 0.29) is 6.10 Å². The zero-order valence-electron chi connectivity index (χ0n) is 14.5. The van der Waals surface area contributed by atoms with E-state index in [2.05, 4.69) is 5.32 Å². The summed E-state index contributed by atoms with van der Waals surface area (Å²) in [4.78, 5) is 37.2. The van der Waals surface area contributed by atoms with Crippen molar-refractivity contribution in [1.82, 2.24) is 5.32 Å². The minimum atomic E-state index is -0.661. The SMILES string of the molecule is O=C(COC(=O)c1ccccc1SC[C@H]1CCCO1)NC(=O)c1cccs1. The molecule has 142 valence electrons. The van der Waals surface area contributed by atoms with E-state index >= 15 is 0 Å². The van der Waals surface area contributed by atoms with Crippen molar-refractivity contribution in [3.05, 3.63) is 52.2 Å². The summed E-state index contributed by atoms with van der Waals surface area (Å²) in [5.41, 5.74) is 0.401. The summed E-state index contributed by atoms with van der Waals surface area (Å²) in [5, 5.41) is 3.94. The number of imide groups is 1. The molecule has 1 aliphatic rings. The van der Waals surface area contributed by atoms with Crippen LogP contribution in [0.15, 0.2) is 46.7 Å². The second-order valence-corrected chi connectivity index (χ2v) is 7.88. The van der Waals surface area contributed by atoms with E-state index in [1.165, 1.54) is 23.1 Å². The van der Waals surface area contributed by atoms with Crippen LogP contribution < -0.4 is 5.32 Å². The van der Waals surface area contributed by atoms with Crippen molar-refractivity contribution in [1.29, 1.82) is 0 Å². The Balaban J connectivity index is 1.51. The molecule has 0 radical (unpaired) electrons. The number of esters is 1. The highest BCUT2D eigenvalue weighted by Gasteiger charge is 2.19. The number of benzene rings is 1. The minimum absolute atomic E-state index is 0.202. The number of nitrogens with one attached hydrogen (secondary N) is 1. The molecule has 3 rings (SSSR count). The van der Waals surface area contributed by atoms with Crippen molar-refractivity contribution >= 4 is 40.9 Å². The number of thioether (sulfide) groups is 1. The van der Waals surface area contributed by atoms with E-state index in [0.29, 0.717) is 10.4 Å². The molecule has 1 aliphatic heterocycles. The maximum atomic E-state index is 12.4. The molecule has 1 aromatic carbocycles. The third-order valence-electron chi connectivity index (χ3n) is 3.89. The Morgan fingerprint density at radius 3 is 2.81 bits per heavy atom. The predicted octanol–water partition coefficient (Wildman–Crippen LogP) is 3.13. The first-order valence-electron chi connectivity index (χ1n) is 8.51. The van der Waals surface area contributed by atoms with Gasteiger partial charge in [0.2, 0.25) is 0 Å². The van der Waals surface area contributed by atoms with Crippen LogP contribution in [-0.2, 0) is 14.3 Å².